The average Bonchev–Trinajstić information content (AvgIpc) is 3.84. The van der Waals surface area contributed by atoms with Gasteiger partial charge in [-0.25, -0.2) is 4.79 Å². The first-order valence-corrected chi connectivity index (χ1v) is 28.6. The molecule has 27 heteroatoms. The monoisotopic (exact) mass is 1210 g/mol. The maximum Gasteiger partial charge on any atom is 0.490 e. The number of aromatic amines is 3. The molecule has 0 saturated carbocycles. The van der Waals surface area contributed by atoms with E-state index in [0.29, 0.717) is 28.0 Å². The molecule has 1 saturated heterocycles. The Balaban J connectivity index is 0.00000142. The van der Waals surface area contributed by atoms with Gasteiger partial charge < -0.3 is 68.7 Å². The van der Waals surface area contributed by atoms with Crippen molar-refractivity contribution in [2.75, 3.05) is 12.0 Å². The van der Waals surface area contributed by atoms with E-state index in [4.69, 9.17) is 21.4 Å². The summed E-state index contributed by atoms with van der Waals surface area (Å²) in [6.07, 6.45) is 1.61. The number of carboxylic acid groups (broad SMARTS) is 1. The van der Waals surface area contributed by atoms with E-state index in [0.717, 1.165) is 32.7 Å². The van der Waals surface area contributed by atoms with Gasteiger partial charge in [0, 0.05) is 89.8 Å². The summed E-state index contributed by atoms with van der Waals surface area (Å²) in [7, 11) is 0. The number of thioether (sulfide) groups is 1. The predicted octanol–water partition coefficient (Wildman–Crippen LogP) is 2.73. The molecule has 4 heterocycles. The molecule has 4 aromatic carbocycles. The molecule has 0 spiro atoms. The number of alkyl halides is 3. The van der Waals surface area contributed by atoms with Crippen LogP contribution in [-0.2, 0) is 73.6 Å². The van der Waals surface area contributed by atoms with Gasteiger partial charge in [0.05, 0.1) is 0 Å². The van der Waals surface area contributed by atoms with E-state index in [-0.39, 0.29) is 63.7 Å². The van der Waals surface area contributed by atoms with Crippen molar-refractivity contribution in [3.05, 3.63) is 144 Å². The lowest BCUT2D eigenvalue weighted by molar-refractivity contribution is -0.192. The molecule has 8 rings (SSSR count). The lowest BCUT2D eigenvalue weighted by Gasteiger charge is -2.28. The lowest BCUT2D eigenvalue weighted by atomic mass is 9.99. The van der Waals surface area contributed by atoms with Crippen LogP contribution in [0.3, 0.4) is 0 Å². The van der Waals surface area contributed by atoms with Crippen LogP contribution in [0.1, 0.15) is 54.4 Å². The number of nitrogens with two attached hydrogens (primary N) is 2. The summed E-state index contributed by atoms with van der Waals surface area (Å²) in [6.45, 7) is 0. The number of nitrogens with one attached hydrogen (secondary N) is 10. The molecule has 1 aliphatic heterocycles. The fourth-order valence-electron chi connectivity index (χ4n) is 9.77. The third-order valence-electron chi connectivity index (χ3n) is 14.2. The number of H-pyrrole nitrogens is 3. The Kier molecular flexibility index (Phi) is 22.1. The maximum absolute atomic E-state index is 15.1. The fraction of sp³-hybridized carbons (Fsp3) is 0.322. The summed E-state index contributed by atoms with van der Waals surface area (Å²) >= 11 is 1.47. The van der Waals surface area contributed by atoms with Crippen molar-refractivity contribution in [2.45, 2.75) is 106 Å². The third kappa shape index (κ3) is 17.7. The molecule has 454 valence electrons. The Morgan fingerprint density at radius 3 is 1.31 bits per heavy atom. The van der Waals surface area contributed by atoms with Crippen molar-refractivity contribution < 1.29 is 66.2 Å². The number of carbonyl (C=O) groups is 10. The molecule has 1 aliphatic rings. The van der Waals surface area contributed by atoms with E-state index in [2.05, 4.69) is 52.2 Å². The van der Waals surface area contributed by atoms with Gasteiger partial charge in [-0.15, -0.1) is 0 Å². The molecule has 7 aromatic rings. The minimum Gasteiger partial charge on any atom is -0.475 e. The number of para-hydroxylation sites is 3. The zero-order valence-corrected chi connectivity index (χ0v) is 47.2. The van der Waals surface area contributed by atoms with Crippen LogP contribution in [0, 0.1) is 0 Å². The molecule has 9 amide bonds. The largest absolute Gasteiger partial charge is 0.490 e. The molecule has 3 aromatic heterocycles. The topological polar surface area (TPSA) is 375 Å². The van der Waals surface area contributed by atoms with Crippen LogP contribution in [0.15, 0.2) is 122 Å². The molecule has 15 N–H and O–H groups in total. The summed E-state index contributed by atoms with van der Waals surface area (Å²) in [5.74, 6) is -8.60. The van der Waals surface area contributed by atoms with Crippen molar-refractivity contribution in [3.63, 3.8) is 0 Å². The molecular weight excluding hydrogens is 1140 g/mol. The number of hydrogen-bond acceptors (Lipinski definition) is 11. The predicted molar refractivity (Wildman–Crippen MR) is 313 cm³/mol. The summed E-state index contributed by atoms with van der Waals surface area (Å²) < 4.78 is 31.7. The van der Waals surface area contributed by atoms with Gasteiger partial charge >= 0.3 is 12.1 Å². The van der Waals surface area contributed by atoms with Crippen LogP contribution in [0.5, 0.6) is 0 Å². The quantitative estimate of drug-likeness (QED) is 0.0354. The molecule has 0 radical (unpaired) electrons. The summed E-state index contributed by atoms with van der Waals surface area (Å²) in [5.41, 5.74) is 16.1. The normalized spacial score (nSPS) is 15.1. The Bertz CT molecular complexity index is 3590. The number of benzene rings is 4. The lowest BCUT2D eigenvalue weighted by Crippen LogP contribution is -2.61. The van der Waals surface area contributed by atoms with Gasteiger partial charge in [0.1, 0.15) is 42.3 Å². The zero-order valence-electron chi connectivity index (χ0n) is 46.4. The number of hydrogen-bond donors (Lipinski definition) is 13. The second kappa shape index (κ2) is 29.7. The van der Waals surface area contributed by atoms with E-state index in [9.17, 15) is 41.9 Å². The zero-order chi connectivity index (χ0) is 62.1. The maximum atomic E-state index is 15.1. The van der Waals surface area contributed by atoms with Crippen LogP contribution in [0.25, 0.3) is 32.7 Å². The van der Waals surface area contributed by atoms with E-state index < -0.39 is 102 Å². The van der Waals surface area contributed by atoms with Crippen LogP contribution in [0.2, 0.25) is 0 Å². The number of carbonyl (C=O) groups excluding carboxylic acids is 9. The highest BCUT2D eigenvalue weighted by Crippen LogP contribution is 2.23. The number of fused-ring (bicyclic) bond motifs is 3. The molecule has 86 heavy (non-hydrogen) atoms. The number of halogens is 3. The SMILES string of the molecule is CSCCC(NC(=O)C(Cc1c[nH]c2ccccc12)NC(=O)C(Cc1c[nH]c2ccccc12)NC(=O)C(Cc1ccccc1)NC(=O)C(Cc1c[nH]c2ccccc12)NC(=O)C(CCC(N)=O)NC(=O)C1CCC(=O)N1)C(N)=O.O=C(O)C(F)(F)F. The number of primary amides is 2. The molecule has 23 nitrogen and oxygen atoms in total. The first-order valence-electron chi connectivity index (χ1n) is 27.3. The Labute approximate surface area is 493 Å². The molecule has 7 atom stereocenters. The molecule has 0 aliphatic carbocycles. The number of amides is 9. The van der Waals surface area contributed by atoms with Crippen molar-refractivity contribution in [1.82, 2.24) is 52.2 Å². The number of aliphatic carboxylic acids is 1. The highest BCUT2D eigenvalue weighted by Gasteiger charge is 2.39. The first-order chi connectivity index (χ1) is 41.1. The van der Waals surface area contributed by atoms with E-state index in [1.807, 2.05) is 79.1 Å². The smallest absolute Gasteiger partial charge is 0.475 e. The van der Waals surface area contributed by atoms with Crippen LogP contribution >= 0.6 is 11.8 Å². The second-order valence-corrected chi connectivity index (χ2v) is 21.4. The minimum absolute atomic E-state index is 0.0240. The van der Waals surface area contributed by atoms with Crippen molar-refractivity contribution in [1.29, 1.82) is 0 Å². The van der Waals surface area contributed by atoms with E-state index in [1.54, 1.807) is 48.9 Å². The van der Waals surface area contributed by atoms with Crippen molar-refractivity contribution >= 4 is 104 Å². The summed E-state index contributed by atoms with van der Waals surface area (Å²) in [5, 5.41) is 28.8. The third-order valence-corrected chi connectivity index (χ3v) is 14.9. The Morgan fingerprint density at radius 1 is 0.558 bits per heavy atom. The highest BCUT2D eigenvalue weighted by molar-refractivity contribution is 7.98. The molecule has 7 unspecified atom stereocenters. The van der Waals surface area contributed by atoms with Gasteiger partial charge in [-0.3, -0.25) is 43.2 Å². The number of rotatable bonds is 27. The fourth-order valence-corrected chi connectivity index (χ4v) is 10.2. The Hall–Kier alpha value is -9.66. The van der Waals surface area contributed by atoms with Gasteiger partial charge in [0.15, 0.2) is 0 Å². The van der Waals surface area contributed by atoms with Crippen molar-refractivity contribution in [3.8, 4) is 0 Å². The average molecular weight is 1210 g/mol. The van der Waals surface area contributed by atoms with Crippen LogP contribution in [-0.4, -0.2) is 140 Å². The van der Waals surface area contributed by atoms with Crippen LogP contribution in [0.4, 0.5) is 13.2 Å². The summed E-state index contributed by atoms with van der Waals surface area (Å²) in [4.78, 5) is 142. The number of carboxylic acids is 1. The molecule has 0 bridgehead atoms. The van der Waals surface area contributed by atoms with E-state index >= 15 is 14.4 Å². The van der Waals surface area contributed by atoms with Gasteiger partial charge in [-0.1, -0.05) is 84.9 Å². The second-order valence-electron chi connectivity index (χ2n) is 20.4. The Morgan fingerprint density at radius 2 is 0.942 bits per heavy atom. The van der Waals surface area contributed by atoms with E-state index in [1.165, 1.54) is 11.8 Å². The first kappa shape index (κ1) is 63.9. The van der Waals surface area contributed by atoms with Crippen molar-refractivity contribution in [2.24, 2.45) is 11.5 Å². The van der Waals surface area contributed by atoms with Gasteiger partial charge in [-0.05, 0) is 71.7 Å². The minimum atomic E-state index is -5.08. The standard InChI is InChI=1S/C57H64N12O9S.C2HF3O2/c1-79-24-23-42(51(59)72)64-55(76)46(26-33-29-60-39-16-8-5-13-36(33)39)69-57(78)48(28-35-31-62-41-18-10-7-15-38(35)41)68-54(75)45(25-32-11-3-2-4-12-32)66-56(77)47(27-34-30-61-40-17-9-6-14-37(34)40)67-53(74)44(19-21-49(58)70)65-52(73)43-20-22-50(71)63-43;3-2(4,5)1(6)7/h2-18,29-31,42-48,60-62H,19-28H2,1H3,(H2,58,70)(H2,59,72)(H,63,71)(H,64,76)(H,65,73)(H,66,77)(H,67,74)(H,68,75)(H,69,78);(H,6,7). The van der Waals surface area contributed by atoms with Crippen LogP contribution < -0.4 is 48.7 Å². The molecule has 1 fully saturated rings. The van der Waals surface area contributed by atoms with Gasteiger partial charge in [0.25, 0.3) is 0 Å². The molecular formula is C59H65F3N12O11S. The van der Waals surface area contributed by atoms with Gasteiger partial charge in [0.2, 0.25) is 53.2 Å². The number of aromatic nitrogens is 3. The van der Waals surface area contributed by atoms with Gasteiger partial charge in [-0.2, -0.15) is 24.9 Å². The summed E-state index contributed by atoms with van der Waals surface area (Å²) in [6, 6.07) is 22.2. The highest BCUT2D eigenvalue weighted by atomic mass is 32.2.